The van der Waals surface area contributed by atoms with Gasteiger partial charge in [-0.05, 0) is 53.3 Å². The van der Waals surface area contributed by atoms with Gasteiger partial charge in [-0.3, -0.25) is 20.5 Å². The number of fused-ring (bicyclic) bond motifs is 1. The van der Waals surface area contributed by atoms with Crippen molar-refractivity contribution in [1.29, 1.82) is 0 Å². The Morgan fingerprint density at radius 2 is 2.30 bits per heavy atom. The minimum Gasteiger partial charge on any atom is -0.396 e. The molecule has 4 N–H and O–H groups in total. The highest BCUT2D eigenvalue weighted by molar-refractivity contribution is 6.00. The zero-order valence-electron chi connectivity index (χ0n) is 14.6. The number of carbonyl (C=O) groups excluding carboxylic acids is 1. The smallest absolute Gasteiger partial charge is 0.202 e. The summed E-state index contributed by atoms with van der Waals surface area (Å²) >= 11 is 0. The number of benzene rings is 1. The number of rotatable bonds is 8. The first kappa shape index (κ1) is 18.9. The van der Waals surface area contributed by atoms with E-state index in [0.29, 0.717) is 12.8 Å². The van der Waals surface area contributed by atoms with Crippen molar-refractivity contribution in [3.05, 3.63) is 40.8 Å². The summed E-state index contributed by atoms with van der Waals surface area (Å²) in [7, 11) is 0. The van der Waals surface area contributed by atoms with Crippen LogP contribution in [0.5, 0.6) is 0 Å². The maximum absolute atomic E-state index is 13.4. The van der Waals surface area contributed by atoms with Crippen LogP contribution in [-0.4, -0.2) is 44.9 Å². The number of carbonyl (C=O) groups is 1. The molecule has 0 radical (unpaired) electrons. The summed E-state index contributed by atoms with van der Waals surface area (Å²) in [5, 5.41) is 28.6. The molecule has 0 saturated heterocycles. The van der Waals surface area contributed by atoms with Crippen LogP contribution in [0.2, 0.25) is 0 Å². The second-order valence-corrected chi connectivity index (χ2v) is 6.27. The first-order chi connectivity index (χ1) is 13.0. The lowest BCUT2D eigenvalue weighted by atomic mass is 9.83. The predicted octanol–water partition coefficient (Wildman–Crippen LogP) is 1.37. The molecule has 9 nitrogen and oxygen atoms in total. The van der Waals surface area contributed by atoms with Gasteiger partial charge in [-0.2, -0.15) is 0 Å². The fraction of sp³-hybridized carbons (Fsp3) is 0.412. The summed E-state index contributed by atoms with van der Waals surface area (Å²) in [5.74, 6) is -0.336. The molecule has 1 heterocycles. The van der Waals surface area contributed by atoms with E-state index in [2.05, 4.69) is 20.6 Å². The third kappa shape index (κ3) is 4.12. The number of aromatic nitrogens is 2. The molecular weight excluding hydrogens is 357 g/mol. The Morgan fingerprint density at radius 3 is 3.04 bits per heavy atom. The van der Waals surface area contributed by atoms with Crippen LogP contribution in [0.3, 0.4) is 0 Å². The molecule has 3 rings (SSSR count). The van der Waals surface area contributed by atoms with Gasteiger partial charge in [0.25, 0.3) is 0 Å². The van der Waals surface area contributed by atoms with Gasteiger partial charge in [0.05, 0.1) is 12.1 Å². The average molecular weight is 377 g/mol. The third-order valence-corrected chi connectivity index (χ3v) is 4.40. The molecule has 0 aliphatic heterocycles. The van der Waals surface area contributed by atoms with Crippen molar-refractivity contribution >= 4 is 17.4 Å². The van der Waals surface area contributed by atoms with E-state index in [-0.39, 0.29) is 48.0 Å². The first-order valence-corrected chi connectivity index (χ1v) is 8.52. The number of hydrogen-bond donors (Lipinski definition) is 4. The molecule has 1 aromatic heterocycles. The van der Waals surface area contributed by atoms with Crippen LogP contribution >= 0.6 is 0 Å². The van der Waals surface area contributed by atoms with Crippen molar-refractivity contribution in [2.24, 2.45) is 4.99 Å². The van der Waals surface area contributed by atoms with Gasteiger partial charge in [0.15, 0.2) is 17.3 Å². The number of Topliss-reactive ketones (excluding diaryl/α,β-unsaturated/α-hetero) is 1. The maximum Gasteiger partial charge on any atom is 0.202 e. The zero-order chi connectivity index (χ0) is 19.4. The lowest BCUT2D eigenvalue weighted by Crippen LogP contribution is -2.29. The maximum atomic E-state index is 13.4. The Balaban J connectivity index is 1.76. The average Bonchev–Trinajstić information content (AvgIpc) is 3.10. The van der Waals surface area contributed by atoms with Crippen molar-refractivity contribution in [3.63, 3.8) is 0 Å². The Labute approximate surface area is 154 Å². The van der Waals surface area contributed by atoms with E-state index in [9.17, 15) is 14.4 Å². The van der Waals surface area contributed by atoms with Gasteiger partial charge in [0.1, 0.15) is 5.82 Å². The van der Waals surface area contributed by atoms with E-state index in [4.69, 9.17) is 9.74 Å². The number of ketones is 1. The standard InChI is InChI=1S/C17H20FN5O4/c1-9(14(25)3-2-6-24)19-17-15(22-27-23-17)16(21-26)20-13-7-10-4-5-11(18)8-12(10)13/h4-5,8-9,13,24,26H,2-3,6-7H2,1H3,(H,19,23)(H,20,21)/t9-,13?/m1/s1. The second-order valence-electron chi connectivity index (χ2n) is 6.27. The molecular formula is C17H20FN5O4. The third-order valence-electron chi connectivity index (χ3n) is 4.40. The number of nitrogens with one attached hydrogen (secondary N) is 2. The molecule has 0 fully saturated rings. The summed E-state index contributed by atoms with van der Waals surface area (Å²) in [6.45, 7) is 1.58. The molecule has 10 heteroatoms. The molecule has 144 valence electrons. The molecule has 1 unspecified atom stereocenters. The molecule has 1 aliphatic carbocycles. The highest BCUT2D eigenvalue weighted by Gasteiger charge is 2.28. The van der Waals surface area contributed by atoms with Gasteiger partial charge >= 0.3 is 0 Å². The number of hydroxylamine groups is 1. The SMILES string of the molecule is C[C@@H](Nc1nonc1C(=NC1Cc2ccc(F)cc21)NO)C(=O)CCCO. The molecule has 0 amide bonds. The largest absolute Gasteiger partial charge is 0.396 e. The highest BCUT2D eigenvalue weighted by atomic mass is 19.1. The number of aliphatic hydroxyl groups excluding tert-OH is 1. The number of anilines is 1. The van der Waals surface area contributed by atoms with E-state index >= 15 is 0 Å². The summed E-state index contributed by atoms with van der Waals surface area (Å²) in [5.41, 5.74) is 3.79. The predicted molar refractivity (Wildman–Crippen MR) is 93.0 cm³/mol. The molecule has 1 aromatic carbocycles. The van der Waals surface area contributed by atoms with E-state index in [1.165, 1.54) is 12.1 Å². The molecule has 2 aromatic rings. The highest BCUT2D eigenvalue weighted by Crippen LogP contribution is 2.36. The summed E-state index contributed by atoms with van der Waals surface area (Å²) in [4.78, 5) is 16.4. The van der Waals surface area contributed by atoms with Gasteiger partial charge in [-0.15, -0.1) is 0 Å². The van der Waals surface area contributed by atoms with Gasteiger partial charge in [0, 0.05) is 13.0 Å². The normalized spacial score (nSPS) is 17.0. The lowest BCUT2D eigenvalue weighted by molar-refractivity contribution is -0.119. The van der Waals surface area contributed by atoms with Crippen molar-refractivity contribution in [2.75, 3.05) is 11.9 Å². The number of halogens is 1. The number of amidine groups is 1. The topological polar surface area (TPSA) is 133 Å². The Kier molecular flexibility index (Phi) is 5.77. The quantitative estimate of drug-likeness (QED) is 0.308. The molecule has 0 bridgehead atoms. The fourth-order valence-corrected chi connectivity index (χ4v) is 2.86. The van der Waals surface area contributed by atoms with Gasteiger partial charge in [-0.1, -0.05) is 6.07 Å². The van der Waals surface area contributed by atoms with Crippen LogP contribution < -0.4 is 10.8 Å². The van der Waals surface area contributed by atoms with Crippen LogP contribution in [0.25, 0.3) is 0 Å². The first-order valence-electron chi connectivity index (χ1n) is 8.52. The van der Waals surface area contributed by atoms with Crippen LogP contribution in [0.1, 0.15) is 42.6 Å². The Bertz CT molecular complexity index is 854. The van der Waals surface area contributed by atoms with Crippen LogP contribution in [0.15, 0.2) is 27.8 Å². The van der Waals surface area contributed by atoms with Crippen LogP contribution in [0.4, 0.5) is 10.2 Å². The zero-order valence-corrected chi connectivity index (χ0v) is 14.6. The van der Waals surface area contributed by atoms with E-state index in [1.807, 2.05) is 5.48 Å². The summed E-state index contributed by atoms with van der Waals surface area (Å²) in [6, 6.07) is 3.57. The van der Waals surface area contributed by atoms with Crippen LogP contribution in [0, 0.1) is 5.82 Å². The van der Waals surface area contributed by atoms with E-state index < -0.39 is 6.04 Å². The summed E-state index contributed by atoms with van der Waals surface area (Å²) in [6.07, 6.45) is 1.19. The Hall–Kier alpha value is -2.85. The Morgan fingerprint density at radius 1 is 1.48 bits per heavy atom. The van der Waals surface area contributed by atoms with Gasteiger partial charge in [0.2, 0.25) is 5.82 Å². The monoisotopic (exact) mass is 377 g/mol. The van der Waals surface area contributed by atoms with E-state index in [0.717, 1.165) is 11.1 Å². The molecule has 1 aliphatic rings. The molecule has 0 saturated carbocycles. The van der Waals surface area contributed by atoms with Crippen LogP contribution in [-0.2, 0) is 11.2 Å². The molecule has 27 heavy (non-hydrogen) atoms. The van der Waals surface area contributed by atoms with Crippen molar-refractivity contribution in [3.8, 4) is 0 Å². The number of aliphatic imine (C=N–C) groups is 1. The fourth-order valence-electron chi connectivity index (χ4n) is 2.86. The number of aliphatic hydroxyl groups is 1. The second kappa shape index (κ2) is 8.23. The lowest BCUT2D eigenvalue weighted by Gasteiger charge is -2.27. The van der Waals surface area contributed by atoms with Crippen molar-refractivity contribution in [2.45, 2.75) is 38.3 Å². The minimum absolute atomic E-state index is 0.00586. The summed E-state index contributed by atoms with van der Waals surface area (Å²) < 4.78 is 18.1. The molecule has 0 spiro atoms. The number of hydrogen-bond acceptors (Lipinski definition) is 8. The van der Waals surface area contributed by atoms with Crippen molar-refractivity contribution < 1.29 is 24.1 Å². The van der Waals surface area contributed by atoms with E-state index in [1.54, 1.807) is 13.0 Å². The number of nitrogens with zero attached hydrogens (tertiary/aromatic N) is 3. The minimum atomic E-state index is -0.597. The van der Waals surface area contributed by atoms with Crippen molar-refractivity contribution in [1.82, 2.24) is 15.8 Å². The molecule has 2 atom stereocenters. The van der Waals surface area contributed by atoms with Gasteiger partial charge < -0.3 is 10.4 Å². The van der Waals surface area contributed by atoms with Gasteiger partial charge in [-0.25, -0.2) is 9.02 Å².